The van der Waals surface area contributed by atoms with Crippen molar-refractivity contribution in [2.45, 2.75) is 56.0 Å². The van der Waals surface area contributed by atoms with Crippen molar-refractivity contribution >= 4 is 51.0 Å². The summed E-state index contributed by atoms with van der Waals surface area (Å²) in [5, 5.41) is 24.0. The zero-order chi connectivity index (χ0) is 33.3. The second kappa shape index (κ2) is 12.0. The van der Waals surface area contributed by atoms with Crippen LogP contribution < -0.4 is 4.74 Å². The van der Waals surface area contributed by atoms with Crippen LogP contribution in [0.25, 0.3) is 32.8 Å². The van der Waals surface area contributed by atoms with Crippen LogP contribution in [0.5, 0.6) is 5.75 Å². The van der Waals surface area contributed by atoms with Gasteiger partial charge < -0.3 is 14.4 Å². The van der Waals surface area contributed by atoms with Crippen LogP contribution in [0, 0.1) is 6.92 Å². The van der Waals surface area contributed by atoms with Gasteiger partial charge >= 0.3 is 5.97 Å². The summed E-state index contributed by atoms with van der Waals surface area (Å²) in [5.41, 5.74) is 7.89. The molecule has 3 aromatic heterocycles. The largest absolute Gasteiger partial charge is 0.493 e. The minimum absolute atomic E-state index is 0.0910. The van der Waals surface area contributed by atoms with Crippen LogP contribution in [0.3, 0.4) is 0 Å². The second-order valence-corrected chi connectivity index (χ2v) is 14.4. The summed E-state index contributed by atoms with van der Waals surface area (Å²) in [7, 11) is 5.99. The molecule has 6 aromatic rings. The number of ether oxygens (including phenoxy) is 1. The SMILES string of the molecule is Cc1nn2c3c1-c1c(Cl)ccc4c(c(C(=O)O)n(C)c14)CCCOc1cc(cc4ccccc14)SCc1cc(nn1C)CN(C)C3CC2. The highest BCUT2D eigenvalue weighted by molar-refractivity contribution is 7.98. The van der Waals surface area contributed by atoms with Crippen LogP contribution >= 0.6 is 23.4 Å². The molecule has 48 heavy (non-hydrogen) atoms. The van der Waals surface area contributed by atoms with Crippen molar-refractivity contribution in [3.8, 4) is 16.9 Å². The van der Waals surface area contributed by atoms with Gasteiger partial charge in [0.05, 0.1) is 40.3 Å². The number of carbonyl (C=O) groups is 1. The van der Waals surface area contributed by atoms with Gasteiger partial charge in [0.2, 0.25) is 0 Å². The Balaban J connectivity index is 1.29. The highest BCUT2D eigenvalue weighted by atomic mass is 35.5. The average molecular weight is 681 g/mol. The molecule has 5 heterocycles. The van der Waals surface area contributed by atoms with Crippen molar-refractivity contribution in [3.05, 3.63) is 93.7 Å². The molecule has 246 valence electrons. The lowest BCUT2D eigenvalue weighted by atomic mass is 9.95. The number of fused-ring (bicyclic) bond motifs is 7. The third-order valence-corrected chi connectivity index (χ3v) is 11.3. The number of rotatable bonds is 1. The third kappa shape index (κ3) is 5.09. The Bertz CT molecular complexity index is 2250. The minimum atomic E-state index is -0.957. The van der Waals surface area contributed by atoms with E-state index >= 15 is 0 Å². The number of aromatic carboxylic acids is 1. The lowest BCUT2D eigenvalue weighted by molar-refractivity contribution is 0.0685. The number of carboxylic acids is 1. The van der Waals surface area contributed by atoms with E-state index in [-0.39, 0.29) is 11.7 Å². The van der Waals surface area contributed by atoms with Gasteiger partial charge in [0, 0.05) is 65.4 Å². The van der Waals surface area contributed by atoms with Gasteiger partial charge in [-0.05, 0) is 68.4 Å². The Morgan fingerprint density at radius 2 is 1.88 bits per heavy atom. The maximum absolute atomic E-state index is 12.8. The van der Waals surface area contributed by atoms with E-state index in [1.165, 1.54) is 0 Å². The summed E-state index contributed by atoms with van der Waals surface area (Å²) >= 11 is 8.85. The maximum Gasteiger partial charge on any atom is 0.352 e. The number of halogens is 1. The van der Waals surface area contributed by atoms with Crippen LogP contribution in [-0.2, 0) is 39.4 Å². The zero-order valence-corrected chi connectivity index (χ0v) is 29.0. The van der Waals surface area contributed by atoms with Crippen molar-refractivity contribution < 1.29 is 14.6 Å². The summed E-state index contributed by atoms with van der Waals surface area (Å²) < 4.78 is 12.4. The molecule has 0 saturated heterocycles. The quantitative estimate of drug-likeness (QED) is 0.190. The number of nitrogens with zero attached hydrogens (tertiary/aromatic N) is 6. The average Bonchev–Trinajstić information content (AvgIpc) is 3.78. The highest BCUT2D eigenvalue weighted by Crippen LogP contribution is 2.46. The van der Waals surface area contributed by atoms with Crippen molar-refractivity contribution in [3.63, 3.8) is 0 Å². The Morgan fingerprint density at radius 1 is 1.04 bits per heavy atom. The van der Waals surface area contributed by atoms with Crippen LogP contribution in [0.15, 0.2) is 59.5 Å². The topological polar surface area (TPSA) is 90.3 Å². The number of hydrogen-bond acceptors (Lipinski definition) is 6. The van der Waals surface area contributed by atoms with Gasteiger partial charge in [-0.25, -0.2) is 4.79 Å². The Morgan fingerprint density at radius 3 is 2.71 bits per heavy atom. The van der Waals surface area contributed by atoms with Gasteiger partial charge in [0.25, 0.3) is 0 Å². The van der Waals surface area contributed by atoms with Crippen molar-refractivity contribution in [1.29, 1.82) is 0 Å². The molecule has 0 fully saturated rings. The molecule has 2 aliphatic heterocycles. The summed E-state index contributed by atoms with van der Waals surface area (Å²) in [6.07, 6.45) is 2.11. The van der Waals surface area contributed by atoms with Crippen molar-refractivity contribution in [2.75, 3.05) is 13.7 Å². The molecule has 8 bridgehead atoms. The monoisotopic (exact) mass is 680 g/mol. The van der Waals surface area contributed by atoms with E-state index in [1.54, 1.807) is 11.8 Å². The molecule has 1 N–H and O–H groups in total. The smallest absolute Gasteiger partial charge is 0.352 e. The summed E-state index contributed by atoms with van der Waals surface area (Å²) in [5.74, 6) is 0.655. The van der Waals surface area contributed by atoms with E-state index in [4.69, 9.17) is 26.5 Å². The molecule has 0 amide bonds. The highest BCUT2D eigenvalue weighted by Gasteiger charge is 2.35. The van der Waals surface area contributed by atoms with Crippen LogP contribution in [-0.4, -0.2) is 53.8 Å². The van der Waals surface area contributed by atoms with Gasteiger partial charge in [0.1, 0.15) is 11.4 Å². The fourth-order valence-electron chi connectivity index (χ4n) is 7.78. The molecule has 2 aliphatic rings. The number of aromatic nitrogens is 5. The summed E-state index contributed by atoms with van der Waals surface area (Å²) in [6.45, 7) is 3.95. The first-order valence-corrected chi connectivity index (χ1v) is 17.7. The van der Waals surface area contributed by atoms with E-state index in [2.05, 4.69) is 47.0 Å². The summed E-state index contributed by atoms with van der Waals surface area (Å²) in [4.78, 5) is 16.3. The molecule has 1 atom stereocenters. The normalized spacial score (nSPS) is 17.1. The fraction of sp³-hybridized carbons (Fsp3) is 0.324. The van der Waals surface area contributed by atoms with E-state index in [0.717, 1.165) is 90.5 Å². The number of benzene rings is 3. The Kier molecular flexibility index (Phi) is 7.77. The van der Waals surface area contributed by atoms with Gasteiger partial charge in [0.15, 0.2) is 0 Å². The van der Waals surface area contributed by atoms with Gasteiger partial charge in [-0.15, -0.1) is 11.8 Å². The predicted molar refractivity (Wildman–Crippen MR) is 190 cm³/mol. The Labute approximate surface area is 288 Å². The maximum atomic E-state index is 12.8. The lowest BCUT2D eigenvalue weighted by Crippen LogP contribution is -2.23. The lowest BCUT2D eigenvalue weighted by Gasteiger charge is -2.24. The number of hydrogen-bond donors (Lipinski definition) is 1. The molecule has 0 radical (unpaired) electrons. The van der Waals surface area contributed by atoms with Crippen molar-refractivity contribution in [1.82, 2.24) is 29.0 Å². The first kappa shape index (κ1) is 31.0. The molecule has 9 nitrogen and oxygen atoms in total. The molecule has 0 saturated carbocycles. The molecule has 8 rings (SSSR count). The van der Waals surface area contributed by atoms with Crippen LogP contribution in [0.4, 0.5) is 0 Å². The molecular weight excluding hydrogens is 644 g/mol. The molecule has 0 aliphatic carbocycles. The third-order valence-electron chi connectivity index (χ3n) is 9.94. The standard InChI is InChI=1S/C37H37ClN6O3S/c1-21-32-33-29(38)12-11-28-27(35(37(45)46)42(3)34(28)33)10-7-15-47-31-18-25(16-22-8-5-6-9-26(22)31)48-20-24-17-23(40-43(24)4)19-41(2)30-13-14-44(39-21)36(30)32/h5-6,8-9,11-12,16-18,30H,7,10,13-15,19-20H2,1-4H3,(H,45,46). The van der Waals surface area contributed by atoms with Crippen LogP contribution in [0.1, 0.15) is 57.7 Å². The zero-order valence-electron chi connectivity index (χ0n) is 27.5. The van der Waals surface area contributed by atoms with E-state index in [0.29, 0.717) is 31.0 Å². The molecule has 0 spiro atoms. The summed E-state index contributed by atoms with van der Waals surface area (Å²) in [6, 6.07) is 18.8. The van der Waals surface area contributed by atoms with Gasteiger partial charge in [-0.1, -0.05) is 41.9 Å². The Hall–Kier alpha value is -4.25. The number of carboxylic acid groups (broad SMARTS) is 1. The van der Waals surface area contributed by atoms with Gasteiger partial charge in [-0.2, -0.15) is 10.2 Å². The van der Waals surface area contributed by atoms with Crippen LogP contribution in [0.2, 0.25) is 5.02 Å². The predicted octanol–water partition coefficient (Wildman–Crippen LogP) is 7.78. The fourth-order valence-corrected chi connectivity index (χ4v) is 9.01. The first-order valence-electron chi connectivity index (χ1n) is 16.3. The molecule has 11 heteroatoms. The van der Waals surface area contributed by atoms with Crippen molar-refractivity contribution in [2.24, 2.45) is 14.1 Å². The molecule has 1 unspecified atom stereocenters. The van der Waals surface area contributed by atoms with E-state index < -0.39 is 5.97 Å². The molecular formula is C37H37ClN6O3S. The minimum Gasteiger partial charge on any atom is -0.493 e. The molecule has 3 aromatic carbocycles. The van der Waals surface area contributed by atoms with Gasteiger partial charge in [-0.3, -0.25) is 14.3 Å². The van der Waals surface area contributed by atoms with E-state index in [9.17, 15) is 9.90 Å². The number of aryl methyl sites for hydroxylation is 5. The number of thioether (sulfide) groups is 1. The first-order chi connectivity index (χ1) is 23.2. The second-order valence-electron chi connectivity index (χ2n) is 12.9. The van der Waals surface area contributed by atoms with E-state index in [1.807, 2.05) is 54.5 Å².